The van der Waals surface area contributed by atoms with Gasteiger partial charge in [0, 0.05) is 18.7 Å². The van der Waals surface area contributed by atoms with Gasteiger partial charge in [0.1, 0.15) is 0 Å². The zero-order chi connectivity index (χ0) is 15.9. The number of rotatable bonds is 11. The van der Waals surface area contributed by atoms with Crippen LogP contribution in [-0.4, -0.2) is 38.7 Å². The fraction of sp³-hybridized carbons (Fsp3) is 1.00. The second-order valence-electron chi connectivity index (χ2n) is 8.08. The van der Waals surface area contributed by atoms with E-state index in [0.717, 1.165) is 6.61 Å². The summed E-state index contributed by atoms with van der Waals surface area (Å²) in [4.78, 5) is 0. The third-order valence-corrected chi connectivity index (χ3v) is 9.72. The van der Waals surface area contributed by atoms with Crippen LogP contribution in [0.3, 0.4) is 0 Å². The lowest BCUT2D eigenvalue weighted by Crippen LogP contribution is -2.40. The van der Waals surface area contributed by atoms with Crippen molar-refractivity contribution in [1.29, 1.82) is 0 Å². The third-order valence-electron chi connectivity index (χ3n) is 5.18. The van der Waals surface area contributed by atoms with Gasteiger partial charge in [-0.1, -0.05) is 52.9 Å². The predicted octanol–water partition coefficient (Wildman–Crippen LogP) is 4.07. The molecule has 1 fully saturated rings. The summed E-state index contributed by atoms with van der Waals surface area (Å²) in [6.45, 7) is 12.8. The van der Waals surface area contributed by atoms with Crippen molar-refractivity contribution in [2.45, 2.75) is 95.9 Å². The molecule has 0 amide bonds. The molecule has 1 rings (SSSR count). The highest BCUT2D eigenvalue weighted by atomic mass is 28.4. The molecular formula is C17H37NO2Si. The Kier molecular flexibility index (Phi) is 7.89. The van der Waals surface area contributed by atoms with Crippen molar-refractivity contribution in [2.24, 2.45) is 0 Å². The van der Waals surface area contributed by atoms with Crippen LogP contribution in [0, 0.1) is 0 Å². The molecule has 1 heterocycles. The van der Waals surface area contributed by atoms with E-state index in [4.69, 9.17) is 9.53 Å². The topological polar surface area (TPSA) is 51.4 Å². The number of hydrogen-bond donors (Lipinski definition) is 2. The minimum absolute atomic E-state index is 0.304. The van der Waals surface area contributed by atoms with Crippen LogP contribution in [0.1, 0.15) is 65.7 Å². The quantitative estimate of drug-likeness (QED) is 0.343. The van der Waals surface area contributed by atoms with E-state index >= 15 is 0 Å². The van der Waals surface area contributed by atoms with Gasteiger partial charge in [-0.3, -0.25) is 0 Å². The number of aliphatic hydroxyl groups is 1. The molecule has 1 aliphatic rings. The molecule has 21 heavy (non-hydrogen) atoms. The molecule has 1 aliphatic heterocycles. The maximum Gasteiger partial charge on any atom is 0.191 e. The monoisotopic (exact) mass is 315 g/mol. The molecule has 0 radical (unpaired) electrons. The van der Waals surface area contributed by atoms with Crippen molar-refractivity contribution < 1.29 is 9.53 Å². The molecule has 0 bridgehead atoms. The van der Waals surface area contributed by atoms with Gasteiger partial charge in [-0.25, -0.2) is 0 Å². The van der Waals surface area contributed by atoms with Crippen molar-refractivity contribution >= 4 is 8.32 Å². The lowest BCUT2D eigenvalue weighted by atomic mass is 10.1. The van der Waals surface area contributed by atoms with Crippen LogP contribution in [0.2, 0.25) is 18.1 Å². The molecule has 2 atom stereocenters. The van der Waals surface area contributed by atoms with E-state index in [0.29, 0.717) is 23.7 Å². The second kappa shape index (κ2) is 8.66. The minimum atomic E-state index is -1.53. The average Bonchev–Trinajstić information content (AvgIpc) is 3.14. The van der Waals surface area contributed by atoms with Crippen molar-refractivity contribution in [1.82, 2.24) is 5.32 Å². The van der Waals surface area contributed by atoms with Crippen LogP contribution in [0.4, 0.5) is 0 Å². The van der Waals surface area contributed by atoms with E-state index in [2.05, 4.69) is 39.2 Å². The Balaban J connectivity index is 1.87. The van der Waals surface area contributed by atoms with E-state index in [1.54, 1.807) is 0 Å². The Morgan fingerprint density at radius 2 is 1.52 bits per heavy atom. The molecular weight excluding hydrogens is 278 g/mol. The number of nitrogens with one attached hydrogen (secondary N) is 1. The van der Waals surface area contributed by atoms with E-state index in [1.807, 2.05) is 0 Å². The molecule has 0 aromatic carbocycles. The zero-order valence-electron chi connectivity index (χ0n) is 14.9. The van der Waals surface area contributed by atoms with E-state index in [9.17, 15) is 0 Å². The summed E-state index contributed by atoms with van der Waals surface area (Å²) in [5.74, 6) is 0. The van der Waals surface area contributed by atoms with Crippen LogP contribution < -0.4 is 5.32 Å². The lowest BCUT2D eigenvalue weighted by molar-refractivity contribution is 0.277. The number of hydrogen-bond acceptors (Lipinski definition) is 3. The molecule has 0 aliphatic carbocycles. The Bertz CT molecular complexity index is 289. The summed E-state index contributed by atoms with van der Waals surface area (Å²) in [5.41, 5.74) is 0. The number of unbranched alkanes of at least 4 members (excludes halogenated alkanes) is 5. The molecule has 2 N–H and O–H groups in total. The summed E-state index contributed by atoms with van der Waals surface area (Å²) >= 11 is 0. The normalized spacial score (nSPS) is 22.6. The average molecular weight is 316 g/mol. The van der Waals surface area contributed by atoms with E-state index in [1.165, 1.54) is 44.9 Å². The fourth-order valence-electron chi connectivity index (χ4n) is 2.40. The van der Waals surface area contributed by atoms with Crippen LogP contribution in [0.15, 0.2) is 0 Å². The third kappa shape index (κ3) is 7.27. The van der Waals surface area contributed by atoms with Gasteiger partial charge in [0.2, 0.25) is 0 Å². The first-order valence-corrected chi connectivity index (χ1v) is 11.7. The number of aliphatic hydroxyl groups excluding tert-OH is 1. The molecule has 126 valence electrons. The molecule has 0 aromatic heterocycles. The SMILES string of the molecule is CC(C)(C)[Si](C)(C)OCCCCCCCCC1NC1CO. The Morgan fingerprint density at radius 3 is 2.05 bits per heavy atom. The van der Waals surface area contributed by atoms with Gasteiger partial charge in [0.15, 0.2) is 8.32 Å². The van der Waals surface area contributed by atoms with Gasteiger partial charge in [-0.2, -0.15) is 0 Å². The highest BCUT2D eigenvalue weighted by Gasteiger charge is 2.36. The smallest absolute Gasteiger partial charge is 0.191 e. The zero-order valence-corrected chi connectivity index (χ0v) is 15.9. The summed E-state index contributed by atoms with van der Waals surface area (Å²) in [7, 11) is -1.53. The van der Waals surface area contributed by atoms with Gasteiger partial charge in [-0.15, -0.1) is 0 Å². The molecule has 0 saturated carbocycles. The van der Waals surface area contributed by atoms with Crippen molar-refractivity contribution in [3.8, 4) is 0 Å². The molecule has 0 aromatic rings. The van der Waals surface area contributed by atoms with Gasteiger partial charge < -0.3 is 14.8 Å². The molecule has 4 heteroatoms. The first kappa shape index (κ1) is 19.1. The maximum absolute atomic E-state index is 8.94. The van der Waals surface area contributed by atoms with Crippen LogP contribution in [0.25, 0.3) is 0 Å². The summed E-state index contributed by atoms with van der Waals surface area (Å²) in [6.07, 6.45) is 9.06. The molecule has 3 nitrogen and oxygen atoms in total. The largest absolute Gasteiger partial charge is 0.417 e. The highest BCUT2D eigenvalue weighted by Crippen LogP contribution is 2.36. The van der Waals surface area contributed by atoms with Gasteiger partial charge >= 0.3 is 0 Å². The van der Waals surface area contributed by atoms with Gasteiger partial charge in [-0.05, 0) is 31.0 Å². The highest BCUT2D eigenvalue weighted by molar-refractivity contribution is 6.74. The molecule has 0 spiro atoms. The second-order valence-corrected chi connectivity index (χ2v) is 12.9. The summed E-state index contributed by atoms with van der Waals surface area (Å²) in [6, 6.07) is 1.01. The van der Waals surface area contributed by atoms with Crippen molar-refractivity contribution in [3.63, 3.8) is 0 Å². The molecule has 1 saturated heterocycles. The lowest BCUT2D eigenvalue weighted by Gasteiger charge is -2.36. The van der Waals surface area contributed by atoms with Crippen LogP contribution in [-0.2, 0) is 4.43 Å². The standard InChI is InChI=1S/C17H37NO2Si/c1-17(2,3)21(4,5)20-13-11-9-7-6-8-10-12-15-16(14-19)18-15/h15-16,18-19H,6-14H2,1-5H3. The Morgan fingerprint density at radius 1 is 0.952 bits per heavy atom. The first-order chi connectivity index (χ1) is 9.78. The van der Waals surface area contributed by atoms with Crippen LogP contribution >= 0.6 is 0 Å². The Labute approximate surface area is 133 Å². The predicted molar refractivity (Wildman–Crippen MR) is 93.3 cm³/mol. The first-order valence-electron chi connectivity index (χ1n) is 8.79. The maximum atomic E-state index is 8.94. The van der Waals surface area contributed by atoms with Crippen molar-refractivity contribution in [3.05, 3.63) is 0 Å². The summed E-state index contributed by atoms with van der Waals surface area (Å²) < 4.78 is 6.19. The Hall–Kier alpha value is 0.0969. The minimum Gasteiger partial charge on any atom is -0.417 e. The molecule has 2 unspecified atom stereocenters. The van der Waals surface area contributed by atoms with E-state index < -0.39 is 8.32 Å². The van der Waals surface area contributed by atoms with Crippen LogP contribution in [0.5, 0.6) is 0 Å². The summed E-state index contributed by atoms with van der Waals surface area (Å²) in [5, 5.41) is 12.6. The van der Waals surface area contributed by atoms with Crippen molar-refractivity contribution in [2.75, 3.05) is 13.2 Å². The van der Waals surface area contributed by atoms with E-state index in [-0.39, 0.29) is 0 Å². The van der Waals surface area contributed by atoms with Gasteiger partial charge in [0.05, 0.1) is 6.61 Å². The van der Waals surface area contributed by atoms with Gasteiger partial charge in [0.25, 0.3) is 0 Å². The fourth-order valence-corrected chi connectivity index (χ4v) is 3.49.